The third-order valence-electron chi connectivity index (χ3n) is 4.67. The molecule has 110 valence electrons. The number of anilines is 1. The molecular weight excluding hydrogens is 248 g/mol. The predicted molar refractivity (Wildman–Crippen MR) is 83.6 cm³/mol. The molecule has 20 heavy (non-hydrogen) atoms. The summed E-state index contributed by atoms with van der Waals surface area (Å²) in [5, 5.41) is 3.57. The average Bonchev–Trinajstić information content (AvgIpc) is 2.82. The zero-order valence-electron chi connectivity index (χ0n) is 12.5. The highest BCUT2D eigenvalue weighted by Crippen LogP contribution is 2.37. The molecule has 1 saturated heterocycles. The maximum absolute atomic E-state index is 5.88. The smallest absolute Gasteiger partial charge is 0.142 e. The fourth-order valence-corrected chi connectivity index (χ4v) is 3.72. The SMILES string of the molecule is CCCC1(CN2CCCOc3ccccc32)CCNC1. The third-order valence-corrected chi connectivity index (χ3v) is 4.67. The van der Waals surface area contributed by atoms with E-state index in [1.807, 2.05) is 0 Å². The van der Waals surface area contributed by atoms with Crippen molar-refractivity contribution in [3.63, 3.8) is 0 Å². The highest BCUT2D eigenvalue weighted by molar-refractivity contribution is 5.59. The van der Waals surface area contributed by atoms with Gasteiger partial charge >= 0.3 is 0 Å². The van der Waals surface area contributed by atoms with E-state index in [0.29, 0.717) is 5.41 Å². The molecule has 0 radical (unpaired) electrons. The second kappa shape index (κ2) is 6.04. The Morgan fingerprint density at radius 1 is 1.35 bits per heavy atom. The predicted octanol–water partition coefficient (Wildman–Crippen LogP) is 3.06. The van der Waals surface area contributed by atoms with Gasteiger partial charge in [0, 0.05) is 25.0 Å². The molecule has 0 aromatic heterocycles. The summed E-state index contributed by atoms with van der Waals surface area (Å²) in [7, 11) is 0. The van der Waals surface area contributed by atoms with Crippen molar-refractivity contribution in [3.8, 4) is 5.75 Å². The minimum atomic E-state index is 0.451. The van der Waals surface area contributed by atoms with E-state index in [9.17, 15) is 0 Å². The summed E-state index contributed by atoms with van der Waals surface area (Å²) in [5.41, 5.74) is 1.74. The van der Waals surface area contributed by atoms with Crippen molar-refractivity contribution in [2.75, 3.05) is 37.7 Å². The van der Waals surface area contributed by atoms with Crippen LogP contribution >= 0.6 is 0 Å². The molecule has 1 fully saturated rings. The molecule has 1 aromatic carbocycles. The number of nitrogens with zero attached hydrogens (tertiary/aromatic N) is 1. The van der Waals surface area contributed by atoms with Gasteiger partial charge in [-0.3, -0.25) is 0 Å². The van der Waals surface area contributed by atoms with Gasteiger partial charge in [-0.05, 0) is 37.9 Å². The van der Waals surface area contributed by atoms with Crippen LogP contribution in [0.1, 0.15) is 32.6 Å². The molecule has 2 aliphatic heterocycles. The van der Waals surface area contributed by atoms with Gasteiger partial charge in [-0.15, -0.1) is 0 Å². The summed E-state index contributed by atoms with van der Waals surface area (Å²) in [5.74, 6) is 1.06. The Bertz CT molecular complexity index is 440. The normalized spacial score (nSPS) is 25.9. The molecule has 3 rings (SSSR count). The van der Waals surface area contributed by atoms with Crippen LogP contribution in [0.3, 0.4) is 0 Å². The van der Waals surface area contributed by atoms with E-state index >= 15 is 0 Å². The van der Waals surface area contributed by atoms with Gasteiger partial charge < -0.3 is 15.0 Å². The average molecular weight is 274 g/mol. The van der Waals surface area contributed by atoms with Crippen molar-refractivity contribution in [3.05, 3.63) is 24.3 Å². The molecule has 0 aliphatic carbocycles. The first kappa shape index (κ1) is 13.7. The second-order valence-electron chi connectivity index (χ2n) is 6.27. The van der Waals surface area contributed by atoms with Crippen molar-refractivity contribution in [1.82, 2.24) is 5.32 Å². The van der Waals surface area contributed by atoms with Gasteiger partial charge in [0.05, 0.1) is 12.3 Å². The molecular formula is C17H26N2O. The van der Waals surface area contributed by atoms with Crippen LogP contribution in [-0.4, -0.2) is 32.8 Å². The van der Waals surface area contributed by atoms with Gasteiger partial charge in [-0.25, -0.2) is 0 Å². The van der Waals surface area contributed by atoms with Crippen LogP contribution in [-0.2, 0) is 0 Å². The molecule has 1 N–H and O–H groups in total. The summed E-state index contributed by atoms with van der Waals surface area (Å²) in [4.78, 5) is 2.56. The number of rotatable bonds is 4. The number of ether oxygens (including phenoxy) is 1. The molecule has 2 heterocycles. The standard InChI is InChI=1S/C17H26N2O/c1-2-8-17(9-10-18-13-17)14-19-11-5-12-20-16-7-4-3-6-15(16)19/h3-4,6-7,18H,2,5,8-14H2,1H3. The maximum Gasteiger partial charge on any atom is 0.142 e. The largest absolute Gasteiger partial charge is 0.491 e. The van der Waals surface area contributed by atoms with Crippen LogP contribution in [0.25, 0.3) is 0 Å². The first-order valence-corrected chi connectivity index (χ1v) is 8.00. The monoisotopic (exact) mass is 274 g/mol. The van der Waals surface area contributed by atoms with Crippen molar-refractivity contribution in [1.29, 1.82) is 0 Å². The van der Waals surface area contributed by atoms with Crippen molar-refractivity contribution < 1.29 is 4.74 Å². The van der Waals surface area contributed by atoms with Gasteiger partial charge in [0.15, 0.2) is 0 Å². The minimum Gasteiger partial charge on any atom is -0.491 e. The van der Waals surface area contributed by atoms with E-state index in [1.54, 1.807) is 0 Å². The lowest BCUT2D eigenvalue weighted by Crippen LogP contribution is -2.39. The quantitative estimate of drug-likeness (QED) is 0.913. The Kier molecular flexibility index (Phi) is 4.16. The van der Waals surface area contributed by atoms with Gasteiger partial charge in [0.2, 0.25) is 0 Å². The van der Waals surface area contributed by atoms with Crippen molar-refractivity contribution >= 4 is 5.69 Å². The van der Waals surface area contributed by atoms with E-state index in [4.69, 9.17) is 4.74 Å². The maximum atomic E-state index is 5.88. The van der Waals surface area contributed by atoms with Crippen molar-refractivity contribution in [2.24, 2.45) is 5.41 Å². The molecule has 0 spiro atoms. The number of hydrogen-bond acceptors (Lipinski definition) is 3. The van der Waals surface area contributed by atoms with Crippen LogP contribution in [0.15, 0.2) is 24.3 Å². The number of fused-ring (bicyclic) bond motifs is 1. The molecule has 0 bridgehead atoms. The van der Waals surface area contributed by atoms with Crippen LogP contribution in [0.5, 0.6) is 5.75 Å². The zero-order valence-corrected chi connectivity index (χ0v) is 12.5. The third kappa shape index (κ3) is 2.78. The second-order valence-corrected chi connectivity index (χ2v) is 6.27. The summed E-state index contributed by atoms with van der Waals surface area (Å²) < 4.78 is 5.88. The highest BCUT2D eigenvalue weighted by atomic mass is 16.5. The first-order chi connectivity index (χ1) is 9.83. The molecule has 1 atom stereocenters. The lowest BCUT2D eigenvalue weighted by molar-refractivity contribution is 0.293. The molecule has 0 amide bonds. The fourth-order valence-electron chi connectivity index (χ4n) is 3.72. The Morgan fingerprint density at radius 2 is 2.25 bits per heavy atom. The summed E-state index contributed by atoms with van der Waals surface area (Å²) in [6.07, 6.45) is 5.01. The molecule has 3 heteroatoms. The molecule has 1 unspecified atom stereocenters. The number of para-hydroxylation sites is 2. The van der Waals surface area contributed by atoms with E-state index in [0.717, 1.165) is 31.9 Å². The van der Waals surface area contributed by atoms with Crippen molar-refractivity contribution in [2.45, 2.75) is 32.6 Å². The minimum absolute atomic E-state index is 0.451. The van der Waals surface area contributed by atoms with Gasteiger partial charge in [-0.1, -0.05) is 25.5 Å². The fraction of sp³-hybridized carbons (Fsp3) is 0.647. The Morgan fingerprint density at radius 3 is 3.05 bits per heavy atom. The van der Waals surface area contributed by atoms with E-state index in [2.05, 4.69) is 41.4 Å². The molecule has 2 aliphatic rings. The van der Waals surface area contributed by atoms with E-state index < -0.39 is 0 Å². The lowest BCUT2D eigenvalue weighted by atomic mass is 9.82. The Balaban J connectivity index is 1.82. The zero-order chi connectivity index (χ0) is 13.8. The summed E-state index contributed by atoms with van der Waals surface area (Å²) >= 11 is 0. The Labute approximate surface area is 122 Å². The van der Waals surface area contributed by atoms with Crippen LogP contribution < -0.4 is 15.0 Å². The van der Waals surface area contributed by atoms with Gasteiger partial charge in [0.25, 0.3) is 0 Å². The van der Waals surface area contributed by atoms with E-state index in [-0.39, 0.29) is 0 Å². The number of hydrogen-bond donors (Lipinski definition) is 1. The first-order valence-electron chi connectivity index (χ1n) is 8.00. The number of benzene rings is 1. The highest BCUT2D eigenvalue weighted by Gasteiger charge is 2.35. The summed E-state index contributed by atoms with van der Waals surface area (Å²) in [6.45, 7) is 7.76. The van der Waals surface area contributed by atoms with E-state index in [1.165, 1.54) is 38.0 Å². The van der Waals surface area contributed by atoms with Crippen LogP contribution in [0, 0.1) is 5.41 Å². The Hall–Kier alpha value is -1.22. The molecule has 3 nitrogen and oxygen atoms in total. The van der Waals surface area contributed by atoms with Crippen LogP contribution in [0.4, 0.5) is 5.69 Å². The lowest BCUT2D eigenvalue weighted by Gasteiger charge is -2.35. The van der Waals surface area contributed by atoms with Gasteiger partial charge in [-0.2, -0.15) is 0 Å². The molecule has 0 saturated carbocycles. The number of nitrogens with one attached hydrogen (secondary N) is 1. The van der Waals surface area contributed by atoms with Gasteiger partial charge in [0.1, 0.15) is 5.75 Å². The molecule has 1 aromatic rings. The summed E-state index contributed by atoms with van der Waals surface area (Å²) in [6, 6.07) is 8.51. The van der Waals surface area contributed by atoms with Crippen LogP contribution in [0.2, 0.25) is 0 Å². The topological polar surface area (TPSA) is 24.5 Å².